The molecule has 2 aromatic heterocycles. The van der Waals surface area contributed by atoms with E-state index in [1.165, 1.54) is 23.0 Å². The standard InChI is InChI=1S/C17H13ClF3N3O/c1-10-14(15(18)24(2)23-10)13-4-3-9-22-16(13)25-12-7-5-11(6-8-12)17(19,20)21/h3-9H,1-2H3. The van der Waals surface area contributed by atoms with E-state index in [1.54, 1.807) is 26.1 Å². The molecule has 0 fully saturated rings. The van der Waals surface area contributed by atoms with Crippen molar-refractivity contribution in [3.05, 3.63) is 59.0 Å². The first kappa shape index (κ1) is 17.3. The molecule has 130 valence electrons. The van der Waals surface area contributed by atoms with Crippen molar-refractivity contribution in [3.63, 3.8) is 0 Å². The van der Waals surface area contributed by atoms with Gasteiger partial charge in [0.25, 0.3) is 0 Å². The molecule has 0 unspecified atom stereocenters. The molecule has 0 bridgehead atoms. The van der Waals surface area contributed by atoms with Crippen molar-refractivity contribution in [2.75, 3.05) is 0 Å². The second-order valence-electron chi connectivity index (χ2n) is 5.36. The molecule has 3 rings (SSSR count). The summed E-state index contributed by atoms with van der Waals surface area (Å²) < 4.78 is 45.1. The minimum Gasteiger partial charge on any atom is -0.438 e. The second kappa shape index (κ2) is 6.40. The second-order valence-corrected chi connectivity index (χ2v) is 5.71. The Morgan fingerprint density at radius 1 is 1.12 bits per heavy atom. The van der Waals surface area contributed by atoms with Gasteiger partial charge in [-0.3, -0.25) is 4.68 Å². The number of benzene rings is 1. The van der Waals surface area contributed by atoms with Crippen LogP contribution in [0, 0.1) is 6.92 Å². The van der Waals surface area contributed by atoms with E-state index >= 15 is 0 Å². The van der Waals surface area contributed by atoms with E-state index in [0.717, 1.165) is 12.1 Å². The molecule has 1 aromatic carbocycles. The minimum atomic E-state index is -4.39. The Bertz CT molecular complexity index is 904. The number of nitrogens with zero attached hydrogens (tertiary/aromatic N) is 3. The molecule has 0 amide bonds. The number of alkyl halides is 3. The minimum absolute atomic E-state index is 0.236. The van der Waals surface area contributed by atoms with Crippen LogP contribution in [0.4, 0.5) is 13.2 Å². The van der Waals surface area contributed by atoms with E-state index in [1.807, 2.05) is 0 Å². The van der Waals surface area contributed by atoms with E-state index in [2.05, 4.69) is 10.1 Å². The molecule has 0 saturated heterocycles. The predicted octanol–water partition coefficient (Wildman–Crippen LogP) is 5.26. The van der Waals surface area contributed by atoms with Crippen molar-refractivity contribution in [3.8, 4) is 22.8 Å². The summed E-state index contributed by atoms with van der Waals surface area (Å²) in [4.78, 5) is 4.17. The number of aromatic nitrogens is 3. The van der Waals surface area contributed by atoms with Gasteiger partial charge in [0.15, 0.2) is 0 Å². The number of ether oxygens (including phenoxy) is 1. The number of hydrogen-bond donors (Lipinski definition) is 0. The zero-order valence-corrected chi connectivity index (χ0v) is 14.1. The molecule has 0 spiro atoms. The molecule has 0 saturated carbocycles. The van der Waals surface area contributed by atoms with Gasteiger partial charge in [-0.15, -0.1) is 0 Å². The molecule has 0 N–H and O–H groups in total. The fraction of sp³-hybridized carbons (Fsp3) is 0.176. The van der Waals surface area contributed by atoms with Gasteiger partial charge < -0.3 is 4.74 Å². The van der Waals surface area contributed by atoms with Gasteiger partial charge in [-0.05, 0) is 43.3 Å². The molecule has 25 heavy (non-hydrogen) atoms. The van der Waals surface area contributed by atoms with Crippen molar-refractivity contribution in [2.24, 2.45) is 7.05 Å². The highest BCUT2D eigenvalue weighted by molar-refractivity contribution is 6.32. The summed E-state index contributed by atoms with van der Waals surface area (Å²) >= 11 is 6.29. The van der Waals surface area contributed by atoms with E-state index in [0.29, 0.717) is 22.0 Å². The lowest BCUT2D eigenvalue weighted by atomic mass is 10.1. The van der Waals surface area contributed by atoms with Crippen molar-refractivity contribution < 1.29 is 17.9 Å². The van der Waals surface area contributed by atoms with Crippen LogP contribution >= 0.6 is 11.6 Å². The first-order chi connectivity index (χ1) is 11.8. The maximum absolute atomic E-state index is 12.6. The number of pyridine rings is 1. The zero-order valence-electron chi connectivity index (χ0n) is 13.3. The highest BCUT2D eigenvalue weighted by Crippen LogP contribution is 2.38. The fourth-order valence-electron chi connectivity index (χ4n) is 2.42. The summed E-state index contributed by atoms with van der Waals surface area (Å²) in [6, 6.07) is 7.90. The Kier molecular flexibility index (Phi) is 4.43. The first-order valence-electron chi connectivity index (χ1n) is 7.27. The maximum Gasteiger partial charge on any atom is 0.416 e. The third-order valence-corrected chi connectivity index (χ3v) is 4.02. The molecule has 3 aromatic rings. The summed E-state index contributed by atoms with van der Waals surface area (Å²) in [7, 11) is 1.71. The van der Waals surface area contributed by atoms with Crippen LogP contribution in [-0.4, -0.2) is 14.8 Å². The Morgan fingerprint density at radius 2 is 1.80 bits per heavy atom. The Balaban J connectivity index is 1.97. The van der Waals surface area contributed by atoms with Crippen LogP contribution in [0.3, 0.4) is 0 Å². The van der Waals surface area contributed by atoms with E-state index in [9.17, 15) is 13.2 Å². The largest absolute Gasteiger partial charge is 0.438 e. The maximum atomic E-state index is 12.6. The molecule has 2 heterocycles. The van der Waals surface area contributed by atoms with Gasteiger partial charge >= 0.3 is 6.18 Å². The zero-order chi connectivity index (χ0) is 18.2. The quantitative estimate of drug-likeness (QED) is 0.634. The molecule has 0 aliphatic rings. The van der Waals surface area contributed by atoms with Crippen LogP contribution < -0.4 is 4.74 Å². The molecule has 0 radical (unpaired) electrons. The number of halogens is 4. The number of aryl methyl sites for hydroxylation is 2. The summed E-state index contributed by atoms with van der Waals surface area (Å²) in [5.74, 6) is 0.478. The first-order valence-corrected chi connectivity index (χ1v) is 7.65. The van der Waals surface area contributed by atoms with Gasteiger partial charge in [-0.1, -0.05) is 11.6 Å². The van der Waals surface area contributed by atoms with E-state index in [-0.39, 0.29) is 11.6 Å². The summed E-state index contributed by atoms with van der Waals surface area (Å²) in [5.41, 5.74) is 1.22. The average Bonchev–Trinajstić information content (AvgIpc) is 2.80. The van der Waals surface area contributed by atoms with Crippen LogP contribution in [0.2, 0.25) is 5.15 Å². The van der Waals surface area contributed by atoms with Gasteiger partial charge in [0.2, 0.25) is 5.88 Å². The van der Waals surface area contributed by atoms with Crippen LogP contribution in [0.25, 0.3) is 11.1 Å². The van der Waals surface area contributed by atoms with Gasteiger partial charge in [0.05, 0.1) is 11.3 Å². The van der Waals surface area contributed by atoms with Gasteiger partial charge in [-0.25, -0.2) is 4.98 Å². The lowest BCUT2D eigenvalue weighted by Gasteiger charge is -2.11. The lowest BCUT2D eigenvalue weighted by molar-refractivity contribution is -0.137. The summed E-state index contributed by atoms with van der Waals surface area (Å²) in [5, 5.41) is 4.67. The van der Waals surface area contributed by atoms with Crippen LogP contribution in [-0.2, 0) is 13.2 Å². The topological polar surface area (TPSA) is 39.9 Å². The van der Waals surface area contributed by atoms with Gasteiger partial charge in [0.1, 0.15) is 10.9 Å². The van der Waals surface area contributed by atoms with Crippen LogP contribution in [0.5, 0.6) is 11.6 Å². The Morgan fingerprint density at radius 3 is 2.36 bits per heavy atom. The van der Waals surface area contributed by atoms with Crippen molar-refractivity contribution in [2.45, 2.75) is 13.1 Å². The molecular weight excluding hydrogens is 355 g/mol. The highest BCUT2D eigenvalue weighted by Gasteiger charge is 2.30. The average molecular weight is 368 g/mol. The lowest BCUT2D eigenvalue weighted by Crippen LogP contribution is -2.04. The smallest absolute Gasteiger partial charge is 0.416 e. The van der Waals surface area contributed by atoms with Crippen molar-refractivity contribution in [1.29, 1.82) is 0 Å². The predicted molar refractivity (Wildman–Crippen MR) is 87.7 cm³/mol. The third-order valence-electron chi connectivity index (χ3n) is 3.59. The van der Waals surface area contributed by atoms with Gasteiger partial charge in [-0.2, -0.15) is 18.3 Å². The summed E-state index contributed by atoms with van der Waals surface area (Å²) in [6.07, 6.45) is -2.86. The summed E-state index contributed by atoms with van der Waals surface area (Å²) in [6.45, 7) is 1.80. The molecule has 4 nitrogen and oxygen atoms in total. The van der Waals surface area contributed by atoms with Crippen molar-refractivity contribution in [1.82, 2.24) is 14.8 Å². The Labute approximate surface area is 146 Å². The third kappa shape index (κ3) is 3.46. The number of rotatable bonds is 3. The van der Waals surface area contributed by atoms with Gasteiger partial charge in [0, 0.05) is 24.4 Å². The SMILES string of the molecule is Cc1nn(C)c(Cl)c1-c1cccnc1Oc1ccc(C(F)(F)F)cc1. The fourth-order valence-corrected chi connectivity index (χ4v) is 2.70. The van der Waals surface area contributed by atoms with Crippen LogP contribution in [0.1, 0.15) is 11.3 Å². The van der Waals surface area contributed by atoms with Crippen LogP contribution in [0.15, 0.2) is 42.6 Å². The molecule has 0 atom stereocenters. The van der Waals surface area contributed by atoms with E-state index in [4.69, 9.17) is 16.3 Å². The molecular formula is C17H13ClF3N3O. The normalized spacial score (nSPS) is 11.6. The molecule has 0 aliphatic carbocycles. The number of hydrogen-bond acceptors (Lipinski definition) is 3. The van der Waals surface area contributed by atoms with Crippen molar-refractivity contribution >= 4 is 11.6 Å². The molecule has 8 heteroatoms. The monoisotopic (exact) mass is 367 g/mol. The highest BCUT2D eigenvalue weighted by atomic mass is 35.5. The Hall–Kier alpha value is -2.54. The van der Waals surface area contributed by atoms with E-state index < -0.39 is 11.7 Å². The molecule has 0 aliphatic heterocycles.